The number of hydroxylamine groups is 1. The Kier molecular flexibility index (Phi) is 6.86. The van der Waals surface area contributed by atoms with Gasteiger partial charge in [-0.05, 0) is 30.7 Å². The van der Waals surface area contributed by atoms with Gasteiger partial charge in [-0.2, -0.15) is 5.26 Å². The van der Waals surface area contributed by atoms with Gasteiger partial charge in [0.25, 0.3) is 0 Å². The molecule has 0 radical (unpaired) electrons. The van der Waals surface area contributed by atoms with Gasteiger partial charge in [0.1, 0.15) is 6.07 Å². The normalized spacial score (nSPS) is 15.4. The average Bonchev–Trinajstić information content (AvgIpc) is 2.75. The third kappa shape index (κ3) is 5.10. The van der Waals surface area contributed by atoms with E-state index in [0.717, 1.165) is 55.2 Å². The van der Waals surface area contributed by atoms with E-state index in [0.29, 0.717) is 6.61 Å². The van der Waals surface area contributed by atoms with Gasteiger partial charge in [-0.25, -0.2) is 0 Å². The number of rotatable bonds is 7. The van der Waals surface area contributed by atoms with Gasteiger partial charge in [-0.1, -0.05) is 42.5 Å². The Hall–Kier alpha value is -2.81. The van der Waals surface area contributed by atoms with Crippen molar-refractivity contribution < 1.29 is 4.84 Å². The highest BCUT2D eigenvalue weighted by molar-refractivity contribution is 5.63. The maximum atomic E-state index is 9.31. The summed E-state index contributed by atoms with van der Waals surface area (Å²) in [5.41, 5.74) is 6.96. The zero-order valence-corrected chi connectivity index (χ0v) is 15.8. The maximum absolute atomic E-state index is 9.31. The van der Waals surface area contributed by atoms with Crippen molar-refractivity contribution in [3.05, 3.63) is 71.8 Å². The molecule has 0 saturated carbocycles. The van der Waals surface area contributed by atoms with Crippen molar-refractivity contribution in [3.63, 3.8) is 0 Å². The van der Waals surface area contributed by atoms with Gasteiger partial charge in [0.15, 0.2) is 0 Å². The summed E-state index contributed by atoms with van der Waals surface area (Å²) in [5, 5.41) is 9.31. The molecule has 3 rings (SSSR count). The first kappa shape index (κ1) is 19.0. The molecule has 0 aromatic heterocycles. The van der Waals surface area contributed by atoms with Crippen LogP contribution in [0.3, 0.4) is 0 Å². The van der Waals surface area contributed by atoms with Crippen LogP contribution in [-0.2, 0) is 4.84 Å². The van der Waals surface area contributed by atoms with Gasteiger partial charge in [-0.15, -0.1) is 0 Å². The fourth-order valence-corrected chi connectivity index (χ4v) is 3.22. The van der Waals surface area contributed by atoms with Crippen molar-refractivity contribution in [1.29, 1.82) is 5.26 Å². The third-order valence-electron chi connectivity index (χ3n) is 4.70. The molecule has 0 amide bonds. The number of nitriles is 1. The monoisotopic (exact) mass is 362 g/mol. The van der Waals surface area contributed by atoms with E-state index in [9.17, 15) is 5.26 Å². The van der Waals surface area contributed by atoms with Gasteiger partial charge in [0, 0.05) is 32.7 Å². The highest BCUT2D eigenvalue weighted by atomic mass is 16.6. The number of nitrogens with zero attached hydrogens (tertiary/aromatic N) is 3. The van der Waals surface area contributed by atoms with Crippen LogP contribution in [0, 0.1) is 11.3 Å². The fourth-order valence-electron chi connectivity index (χ4n) is 3.22. The van der Waals surface area contributed by atoms with Crippen LogP contribution in [-0.4, -0.2) is 44.2 Å². The second-order valence-corrected chi connectivity index (χ2v) is 6.44. The highest BCUT2D eigenvalue weighted by Crippen LogP contribution is 2.21. The first-order valence-corrected chi connectivity index (χ1v) is 9.41. The summed E-state index contributed by atoms with van der Waals surface area (Å²) in [4.78, 5) is 10.1. The molecule has 1 aliphatic rings. The van der Waals surface area contributed by atoms with E-state index in [1.54, 1.807) is 0 Å². The van der Waals surface area contributed by atoms with Crippen LogP contribution in [0.4, 0.5) is 5.69 Å². The molecule has 0 spiro atoms. The van der Waals surface area contributed by atoms with Crippen molar-refractivity contribution in [3.8, 4) is 6.07 Å². The highest BCUT2D eigenvalue weighted by Gasteiger charge is 2.18. The Bertz CT molecular complexity index is 789. The molecule has 140 valence electrons. The minimum absolute atomic E-state index is 0.612. The number of anilines is 1. The first-order valence-electron chi connectivity index (χ1n) is 9.41. The molecule has 2 aromatic carbocycles. The molecular weight excluding hydrogens is 336 g/mol. The van der Waals surface area contributed by atoms with Crippen LogP contribution in [0.2, 0.25) is 0 Å². The van der Waals surface area contributed by atoms with E-state index in [-0.39, 0.29) is 0 Å². The second-order valence-electron chi connectivity index (χ2n) is 6.44. The van der Waals surface area contributed by atoms with Crippen LogP contribution in [0.5, 0.6) is 0 Å². The molecule has 0 aliphatic carbocycles. The Labute approximate surface area is 161 Å². The average molecular weight is 362 g/mol. The third-order valence-corrected chi connectivity index (χ3v) is 4.70. The van der Waals surface area contributed by atoms with E-state index in [4.69, 9.17) is 4.84 Å². The summed E-state index contributed by atoms with van der Waals surface area (Å²) in [5.74, 6) is 0. The van der Waals surface area contributed by atoms with Gasteiger partial charge in [0.2, 0.25) is 0 Å². The lowest BCUT2D eigenvalue weighted by atomic mass is 10.1. The molecule has 2 aromatic rings. The quantitative estimate of drug-likeness (QED) is 0.766. The topological polar surface area (TPSA) is 51.5 Å². The predicted octanol–water partition coefficient (Wildman–Crippen LogP) is 3.26. The van der Waals surface area contributed by atoms with E-state index < -0.39 is 0 Å². The molecule has 1 heterocycles. The van der Waals surface area contributed by atoms with Crippen LogP contribution >= 0.6 is 0 Å². The lowest BCUT2D eigenvalue weighted by Crippen LogP contribution is -2.46. The van der Waals surface area contributed by atoms with E-state index in [1.807, 2.05) is 49.4 Å². The molecule has 0 bridgehead atoms. The molecule has 1 fully saturated rings. The molecule has 1 saturated heterocycles. The summed E-state index contributed by atoms with van der Waals surface area (Å²) >= 11 is 0. The molecule has 5 nitrogen and oxygen atoms in total. The summed E-state index contributed by atoms with van der Waals surface area (Å²) in [6.07, 6.45) is 2.18. The fraction of sp³-hybridized carbons (Fsp3) is 0.318. The van der Waals surface area contributed by atoms with Crippen molar-refractivity contribution in [2.75, 3.05) is 44.2 Å². The summed E-state index contributed by atoms with van der Waals surface area (Å²) in [6, 6.07) is 20.4. The Morgan fingerprint density at radius 3 is 2.48 bits per heavy atom. The van der Waals surface area contributed by atoms with Crippen LogP contribution in [0.25, 0.3) is 5.70 Å². The van der Waals surface area contributed by atoms with Crippen LogP contribution in [0.15, 0.2) is 60.7 Å². The lowest BCUT2D eigenvalue weighted by molar-refractivity contribution is 0.0896. The SMILES string of the molecule is CCONC(=CCN1CCN(c2ccccc2C#N)CC1)c1ccccc1. The van der Waals surface area contributed by atoms with Gasteiger partial charge in [-0.3, -0.25) is 15.2 Å². The number of hydrogen-bond acceptors (Lipinski definition) is 5. The molecule has 0 atom stereocenters. The zero-order valence-electron chi connectivity index (χ0n) is 15.8. The summed E-state index contributed by atoms with van der Waals surface area (Å²) < 4.78 is 0. The second kappa shape index (κ2) is 9.77. The van der Waals surface area contributed by atoms with E-state index in [2.05, 4.69) is 39.6 Å². The molecule has 0 unspecified atom stereocenters. The lowest BCUT2D eigenvalue weighted by Gasteiger charge is -2.36. The Morgan fingerprint density at radius 1 is 1.07 bits per heavy atom. The minimum Gasteiger partial charge on any atom is -0.368 e. The zero-order chi connectivity index (χ0) is 18.9. The van der Waals surface area contributed by atoms with Crippen molar-refractivity contribution in [1.82, 2.24) is 10.4 Å². The molecule has 1 aliphatic heterocycles. The number of hydrogen-bond donors (Lipinski definition) is 1. The summed E-state index contributed by atoms with van der Waals surface area (Å²) in [6.45, 7) is 7.21. The predicted molar refractivity (Wildman–Crippen MR) is 109 cm³/mol. The molecule has 1 N–H and O–H groups in total. The van der Waals surface area contributed by atoms with Gasteiger partial charge < -0.3 is 4.90 Å². The van der Waals surface area contributed by atoms with Crippen molar-refractivity contribution >= 4 is 11.4 Å². The van der Waals surface area contributed by atoms with E-state index >= 15 is 0 Å². The first-order chi connectivity index (χ1) is 13.3. The van der Waals surface area contributed by atoms with Gasteiger partial charge >= 0.3 is 0 Å². The smallest absolute Gasteiger partial charge is 0.101 e. The van der Waals surface area contributed by atoms with Crippen LogP contribution < -0.4 is 10.4 Å². The standard InChI is InChI=1S/C22H26N4O/c1-2-27-24-21(19-8-4-3-5-9-19)12-13-25-14-16-26(17-15-25)22-11-7-6-10-20(22)18-23/h3-12,24H,2,13-17H2,1H3. The Balaban J connectivity index is 1.60. The molecular formula is C22H26N4O. The number of benzene rings is 2. The van der Waals surface area contributed by atoms with E-state index in [1.165, 1.54) is 0 Å². The largest absolute Gasteiger partial charge is 0.368 e. The molecule has 5 heteroatoms. The summed E-state index contributed by atoms with van der Waals surface area (Å²) in [7, 11) is 0. The van der Waals surface area contributed by atoms with Crippen molar-refractivity contribution in [2.24, 2.45) is 0 Å². The van der Waals surface area contributed by atoms with Crippen molar-refractivity contribution in [2.45, 2.75) is 6.92 Å². The number of para-hydroxylation sites is 1. The van der Waals surface area contributed by atoms with Crippen LogP contribution in [0.1, 0.15) is 18.1 Å². The molecule has 27 heavy (non-hydrogen) atoms. The Morgan fingerprint density at radius 2 is 1.78 bits per heavy atom. The number of nitrogens with one attached hydrogen (secondary N) is 1. The van der Waals surface area contributed by atoms with Gasteiger partial charge in [0.05, 0.1) is 23.6 Å². The number of piperazine rings is 1. The minimum atomic E-state index is 0.612. The maximum Gasteiger partial charge on any atom is 0.101 e.